The highest BCUT2D eigenvalue weighted by Crippen LogP contribution is 2.43. The average Bonchev–Trinajstić information content (AvgIpc) is 3.65. The molecule has 0 aliphatic heterocycles. The highest BCUT2D eigenvalue weighted by molar-refractivity contribution is 6.89. The van der Waals surface area contributed by atoms with Crippen molar-refractivity contribution in [2.75, 3.05) is 9.80 Å². The summed E-state index contributed by atoms with van der Waals surface area (Å²) in [5.74, 6) is 0. The van der Waals surface area contributed by atoms with Crippen molar-refractivity contribution >= 4 is 82.6 Å². The zero-order chi connectivity index (χ0) is 44.2. The van der Waals surface area contributed by atoms with Gasteiger partial charge < -0.3 is 14.2 Å². The van der Waals surface area contributed by atoms with Crippen molar-refractivity contribution in [2.45, 2.75) is 67.0 Å². The number of aryl methyl sites for hydroxylation is 4. The SMILES string of the molecule is Cc1ccc(N(c2ccc(C)cc2)c2ccc(-c3cc([Si](C)(C)C)cc4c3oc3c(-c5ccc(N(c6ccc(C)cc6)c6ccc(C)cc6)cc5)cc([Si](C)(C)C)cc34)cc2)cc1. The molecular weight excluding hydrogens is 797 g/mol. The molecule has 314 valence electrons. The fourth-order valence-corrected chi connectivity index (χ4v) is 10.8. The van der Waals surface area contributed by atoms with Crippen molar-refractivity contribution in [2.24, 2.45) is 0 Å². The zero-order valence-corrected chi connectivity index (χ0v) is 40.5. The maximum atomic E-state index is 7.25. The first-order valence-corrected chi connectivity index (χ1v) is 29.2. The fourth-order valence-electron chi connectivity index (χ4n) is 8.52. The van der Waals surface area contributed by atoms with Crippen LogP contribution in [0.3, 0.4) is 0 Å². The van der Waals surface area contributed by atoms with E-state index in [1.165, 1.54) is 43.4 Å². The van der Waals surface area contributed by atoms with Crippen LogP contribution in [0.5, 0.6) is 0 Å². The van der Waals surface area contributed by atoms with E-state index in [9.17, 15) is 0 Å². The lowest BCUT2D eigenvalue weighted by Gasteiger charge is -2.26. The van der Waals surface area contributed by atoms with Crippen molar-refractivity contribution < 1.29 is 4.42 Å². The second kappa shape index (κ2) is 16.4. The Hall–Kier alpha value is -6.41. The molecule has 5 heteroatoms. The molecule has 3 nitrogen and oxygen atoms in total. The molecule has 0 saturated carbocycles. The number of furan rings is 1. The molecule has 0 unspecified atom stereocenters. The van der Waals surface area contributed by atoms with Crippen molar-refractivity contribution in [3.63, 3.8) is 0 Å². The molecule has 1 aromatic heterocycles. The summed E-state index contributed by atoms with van der Waals surface area (Å²) in [4.78, 5) is 4.68. The number of anilines is 6. The van der Waals surface area contributed by atoms with Gasteiger partial charge in [-0.05, 0) is 112 Å². The molecule has 9 rings (SSSR count). The summed E-state index contributed by atoms with van der Waals surface area (Å²) in [6.07, 6.45) is 0. The van der Waals surface area contributed by atoms with Crippen molar-refractivity contribution in [3.8, 4) is 22.3 Å². The summed E-state index contributed by atoms with van der Waals surface area (Å²) in [7, 11) is -3.51. The minimum atomic E-state index is -1.76. The van der Waals surface area contributed by atoms with Crippen LogP contribution in [-0.4, -0.2) is 16.1 Å². The van der Waals surface area contributed by atoms with Crippen LogP contribution in [0, 0.1) is 27.7 Å². The Morgan fingerprint density at radius 2 is 0.556 bits per heavy atom. The maximum absolute atomic E-state index is 7.25. The van der Waals surface area contributed by atoms with Crippen molar-refractivity contribution in [3.05, 3.63) is 192 Å². The Morgan fingerprint density at radius 1 is 0.317 bits per heavy atom. The Kier molecular flexibility index (Phi) is 10.9. The van der Waals surface area contributed by atoms with Crippen LogP contribution in [0.2, 0.25) is 39.3 Å². The number of nitrogens with zero attached hydrogens (tertiary/aromatic N) is 2. The summed E-state index contributed by atoms with van der Waals surface area (Å²) >= 11 is 0. The Labute approximate surface area is 376 Å². The second-order valence-electron chi connectivity index (χ2n) is 19.5. The van der Waals surface area contributed by atoms with Crippen LogP contribution < -0.4 is 20.2 Å². The third-order valence-electron chi connectivity index (χ3n) is 12.4. The van der Waals surface area contributed by atoms with E-state index in [4.69, 9.17) is 4.42 Å². The van der Waals surface area contributed by atoms with E-state index in [1.54, 1.807) is 0 Å². The van der Waals surface area contributed by atoms with Gasteiger partial charge in [0.2, 0.25) is 0 Å². The first-order chi connectivity index (χ1) is 30.1. The molecule has 0 aliphatic rings. The van der Waals surface area contributed by atoms with Gasteiger partial charge in [-0.2, -0.15) is 0 Å². The molecule has 8 aromatic carbocycles. The standard InChI is InChI=1S/C58H58N2OSi2/c1-39-11-23-45(24-12-39)59(46-25-13-40(2)14-26-46)49-31-19-43(20-32-49)53-35-51(62(5,6)7)37-55-56-38-52(63(8,9)10)36-54(58(56)61-57(53)55)44-21-33-50(34-22-44)60(47-27-15-41(3)16-28-47)48-29-17-42(4)18-30-48/h11-38H,1-10H3. The minimum absolute atomic E-state index is 0.948. The second-order valence-corrected chi connectivity index (χ2v) is 29.7. The fraction of sp³-hybridized carbons (Fsp3) is 0.172. The van der Waals surface area contributed by atoms with Gasteiger partial charge in [0.1, 0.15) is 11.2 Å². The van der Waals surface area contributed by atoms with Gasteiger partial charge in [-0.15, -0.1) is 0 Å². The summed E-state index contributed by atoms with van der Waals surface area (Å²) < 4.78 is 7.25. The third-order valence-corrected chi connectivity index (χ3v) is 16.5. The lowest BCUT2D eigenvalue weighted by Crippen LogP contribution is -2.38. The van der Waals surface area contributed by atoms with E-state index >= 15 is 0 Å². The Morgan fingerprint density at radius 3 is 0.794 bits per heavy atom. The summed E-state index contributed by atoms with van der Waals surface area (Å²) in [5.41, 5.74) is 18.2. The van der Waals surface area contributed by atoms with Gasteiger partial charge in [-0.3, -0.25) is 0 Å². The van der Waals surface area contributed by atoms with Gasteiger partial charge in [0, 0.05) is 56.0 Å². The largest absolute Gasteiger partial charge is 0.455 e. The zero-order valence-electron chi connectivity index (χ0n) is 38.5. The third kappa shape index (κ3) is 8.43. The molecule has 0 radical (unpaired) electrons. The highest BCUT2D eigenvalue weighted by atomic mass is 28.3. The van der Waals surface area contributed by atoms with Gasteiger partial charge >= 0.3 is 0 Å². The normalized spacial score (nSPS) is 12.0. The smallest absolute Gasteiger partial charge is 0.143 e. The molecule has 0 fully saturated rings. The number of benzene rings is 8. The van der Waals surface area contributed by atoms with E-state index in [2.05, 4.69) is 247 Å². The first kappa shape index (κ1) is 41.9. The summed E-state index contributed by atoms with van der Waals surface area (Å²) in [5, 5.41) is 5.25. The van der Waals surface area contributed by atoms with Gasteiger partial charge in [0.05, 0.1) is 16.1 Å². The molecule has 0 amide bonds. The number of fused-ring (bicyclic) bond motifs is 3. The molecule has 0 bridgehead atoms. The van der Waals surface area contributed by atoms with Crippen molar-refractivity contribution in [1.82, 2.24) is 0 Å². The number of rotatable bonds is 10. The predicted molar refractivity (Wildman–Crippen MR) is 279 cm³/mol. The van der Waals surface area contributed by atoms with Crippen LogP contribution in [0.4, 0.5) is 34.1 Å². The average molecular weight is 855 g/mol. The minimum Gasteiger partial charge on any atom is -0.455 e. The van der Waals surface area contributed by atoms with Crippen LogP contribution in [-0.2, 0) is 0 Å². The summed E-state index contributed by atoms with van der Waals surface area (Å²) in [6, 6.07) is 63.1. The van der Waals surface area contributed by atoms with Crippen LogP contribution >= 0.6 is 0 Å². The molecule has 0 N–H and O–H groups in total. The topological polar surface area (TPSA) is 19.6 Å². The number of hydrogen-bond donors (Lipinski definition) is 0. The monoisotopic (exact) mass is 854 g/mol. The molecular formula is C58H58N2OSi2. The van der Waals surface area contributed by atoms with E-state index in [-0.39, 0.29) is 0 Å². The van der Waals surface area contributed by atoms with E-state index in [1.807, 2.05) is 0 Å². The van der Waals surface area contributed by atoms with Crippen molar-refractivity contribution in [1.29, 1.82) is 0 Å². The van der Waals surface area contributed by atoms with Crippen LogP contribution in [0.15, 0.2) is 174 Å². The highest BCUT2D eigenvalue weighted by Gasteiger charge is 2.26. The molecule has 0 atom stereocenters. The van der Waals surface area contributed by atoms with Crippen LogP contribution in [0.1, 0.15) is 22.3 Å². The van der Waals surface area contributed by atoms with Gasteiger partial charge in [0.15, 0.2) is 0 Å². The molecule has 9 aromatic rings. The number of hydrogen-bond acceptors (Lipinski definition) is 3. The maximum Gasteiger partial charge on any atom is 0.143 e. The van der Waals surface area contributed by atoms with Gasteiger partial charge in [0.25, 0.3) is 0 Å². The van der Waals surface area contributed by atoms with Crippen LogP contribution in [0.25, 0.3) is 44.2 Å². The lowest BCUT2D eigenvalue weighted by atomic mass is 9.99. The quantitative estimate of drug-likeness (QED) is 0.128. The Bertz CT molecular complexity index is 2760. The molecule has 1 heterocycles. The van der Waals surface area contributed by atoms with E-state index in [0.717, 1.165) is 67.5 Å². The molecule has 0 aliphatic carbocycles. The lowest BCUT2D eigenvalue weighted by molar-refractivity contribution is 0.671. The Balaban J connectivity index is 1.19. The molecule has 0 saturated heterocycles. The van der Waals surface area contributed by atoms with Gasteiger partial charge in [-0.1, -0.05) is 169 Å². The first-order valence-electron chi connectivity index (χ1n) is 22.2. The van der Waals surface area contributed by atoms with E-state index in [0.29, 0.717) is 0 Å². The van der Waals surface area contributed by atoms with Gasteiger partial charge in [-0.25, -0.2) is 0 Å². The summed E-state index contributed by atoms with van der Waals surface area (Å²) in [6.45, 7) is 23.2. The molecule has 63 heavy (non-hydrogen) atoms. The predicted octanol–water partition coefficient (Wildman–Crippen LogP) is 16.2. The van der Waals surface area contributed by atoms with E-state index < -0.39 is 16.1 Å². The molecule has 0 spiro atoms.